The zero-order chi connectivity index (χ0) is 11.6. The Morgan fingerprint density at radius 3 is 2.53 bits per heavy atom. The third-order valence-electron chi connectivity index (χ3n) is 1.45. The summed E-state index contributed by atoms with van der Waals surface area (Å²) >= 11 is 5.39. The minimum absolute atomic E-state index is 0.204. The van der Waals surface area contributed by atoms with Gasteiger partial charge in [-0.2, -0.15) is 8.78 Å². The molecule has 0 aromatic heterocycles. The first-order valence-electron chi connectivity index (χ1n) is 3.59. The lowest BCUT2D eigenvalue weighted by Crippen LogP contribution is -2.07. The van der Waals surface area contributed by atoms with Gasteiger partial charge >= 0.3 is 12.6 Å². The molecule has 3 nitrogen and oxygen atoms in total. The standard InChI is InChI=1S/C8H4ClF3O3/c9-3-1-4(7(13)14)6(10)5(2-3)15-8(11)12/h1-2,8H,(H,13,14). The number of carboxylic acids is 1. The lowest BCUT2D eigenvalue weighted by molar-refractivity contribution is -0.0523. The van der Waals surface area contributed by atoms with Crippen LogP contribution in [-0.4, -0.2) is 17.7 Å². The monoisotopic (exact) mass is 240 g/mol. The Morgan fingerprint density at radius 2 is 2.07 bits per heavy atom. The number of benzene rings is 1. The molecular weight excluding hydrogens is 237 g/mol. The van der Waals surface area contributed by atoms with Crippen LogP contribution in [0.2, 0.25) is 5.02 Å². The highest BCUT2D eigenvalue weighted by atomic mass is 35.5. The number of aromatic carboxylic acids is 1. The van der Waals surface area contributed by atoms with E-state index in [9.17, 15) is 18.0 Å². The molecule has 0 aliphatic heterocycles. The van der Waals surface area contributed by atoms with E-state index in [4.69, 9.17) is 16.7 Å². The van der Waals surface area contributed by atoms with E-state index in [-0.39, 0.29) is 5.02 Å². The van der Waals surface area contributed by atoms with E-state index in [1.807, 2.05) is 0 Å². The van der Waals surface area contributed by atoms with Crippen molar-refractivity contribution in [1.82, 2.24) is 0 Å². The van der Waals surface area contributed by atoms with Crippen LogP contribution in [-0.2, 0) is 0 Å². The first-order valence-corrected chi connectivity index (χ1v) is 3.96. The molecule has 1 aromatic carbocycles. The maximum absolute atomic E-state index is 13.2. The van der Waals surface area contributed by atoms with Crippen molar-refractivity contribution in [3.8, 4) is 5.75 Å². The molecule has 0 aliphatic carbocycles. The van der Waals surface area contributed by atoms with Crippen LogP contribution in [0.3, 0.4) is 0 Å². The molecule has 1 aromatic rings. The van der Waals surface area contributed by atoms with Gasteiger partial charge in [-0.1, -0.05) is 11.6 Å². The minimum atomic E-state index is -3.25. The predicted molar refractivity (Wildman–Crippen MR) is 45.0 cm³/mol. The van der Waals surface area contributed by atoms with Crippen molar-refractivity contribution in [2.45, 2.75) is 6.61 Å². The van der Waals surface area contributed by atoms with Crippen LogP contribution in [0.15, 0.2) is 12.1 Å². The van der Waals surface area contributed by atoms with Gasteiger partial charge in [0.25, 0.3) is 0 Å². The lowest BCUT2D eigenvalue weighted by atomic mass is 10.2. The summed E-state index contributed by atoms with van der Waals surface area (Å²) in [4.78, 5) is 10.5. The Labute approximate surface area is 87.0 Å². The van der Waals surface area contributed by atoms with Crippen LogP contribution in [0.25, 0.3) is 0 Å². The highest BCUT2D eigenvalue weighted by Gasteiger charge is 2.19. The summed E-state index contributed by atoms with van der Waals surface area (Å²) in [5.74, 6) is -3.89. The van der Waals surface area contributed by atoms with Crippen molar-refractivity contribution in [2.75, 3.05) is 0 Å². The smallest absolute Gasteiger partial charge is 0.387 e. The fourth-order valence-corrected chi connectivity index (χ4v) is 1.11. The van der Waals surface area contributed by atoms with Crippen molar-refractivity contribution >= 4 is 17.6 Å². The van der Waals surface area contributed by atoms with Gasteiger partial charge in [-0.3, -0.25) is 0 Å². The van der Waals surface area contributed by atoms with Crippen molar-refractivity contribution in [2.24, 2.45) is 0 Å². The highest BCUT2D eigenvalue weighted by molar-refractivity contribution is 6.31. The molecule has 0 fully saturated rings. The van der Waals surface area contributed by atoms with Gasteiger partial charge in [0, 0.05) is 11.1 Å². The van der Waals surface area contributed by atoms with E-state index < -0.39 is 29.7 Å². The number of halogens is 4. The summed E-state index contributed by atoms with van der Waals surface area (Å²) < 4.78 is 40.5. The maximum Gasteiger partial charge on any atom is 0.387 e. The summed E-state index contributed by atoms with van der Waals surface area (Å²) in [6, 6.07) is 1.58. The molecule has 0 spiro atoms. The van der Waals surface area contributed by atoms with Crippen molar-refractivity contribution in [1.29, 1.82) is 0 Å². The van der Waals surface area contributed by atoms with Crippen LogP contribution < -0.4 is 4.74 Å². The van der Waals surface area contributed by atoms with E-state index in [0.29, 0.717) is 0 Å². The van der Waals surface area contributed by atoms with Crippen molar-refractivity contribution in [3.63, 3.8) is 0 Å². The highest BCUT2D eigenvalue weighted by Crippen LogP contribution is 2.27. The Kier molecular flexibility index (Phi) is 3.41. The number of alkyl halides is 2. The summed E-state index contributed by atoms with van der Waals surface area (Å²) in [5, 5.41) is 8.30. The zero-order valence-corrected chi connectivity index (χ0v) is 7.76. The largest absolute Gasteiger partial charge is 0.478 e. The first kappa shape index (κ1) is 11.6. The number of rotatable bonds is 3. The molecule has 1 rings (SSSR count). The van der Waals surface area contributed by atoms with E-state index in [2.05, 4.69) is 4.74 Å². The van der Waals surface area contributed by atoms with Gasteiger partial charge in [0.1, 0.15) is 5.56 Å². The van der Waals surface area contributed by atoms with Gasteiger partial charge < -0.3 is 9.84 Å². The zero-order valence-electron chi connectivity index (χ0n) is 7.01. The topological polar surface area (TPSA) is 46.5 Å². The van der Waals surface area contributed by atoms with Crippen LogP contribution in [0.5, 0.6) is 5.75 Å². The Bertz CT molecular complexity index is 395. The molecule has 1 N–H and O–H groups in total. The molecule has 15 heavy (non-hydrogen) atoms. The van der Waals surface area contributed by atoms with E-state index in [1.165, 1.54) is 0 Å². The van der Waals surface area contributed by atoms with Crippen molar-refractivity contribution in [3.05, 3.63) is 28.5 Å². The average molecular weight is 241 g/mol. The van der Waals surface area contributed by atoms with Crippen LogP contribution >= 0.6 is 11.6 Å². The van der Waals surface area contributed by atoms with E-state index >= 15 is 0 Å². The van der Waals surface area contributed by atoms with Crippen molar-refractivity contribution < 1.29 is 27.8 Å². The lowest BCUT2D eigenvalue weighted by Gasteiger charge is -2.07. The predicted octanol–water partition coefficient (Wildman–Crippen LogP) is 2.78. The number of ether oxygens (including phenoxy) is 1. The molecule has 0 heterocycles. The quantitative estimate of drug-likeness (QED) is 0.884. The fourth-order valence-electron chi connectivity index (χ4n) is 0.902. The third kappa shape index (κ3) is 2.76. The van der Waals surface area contributed by atoms with Crippen LogP contribution in [0, 0.1) is 5.82 Å². The van der Waals surface area contributed by atoms with Gasteiger partial charge in [0.05, 0.1) is 0 Å². The normalized spacial score (nSPS) is 10.5. The summed E-state index contributed by atoms with van der Waals surface area (Å²) in [5.41, 5.74) is -0.821. The number of hydrogen-bond donors (Lipinski definition) is 1. The average Bonchev–Trinajstić information content (AvgIpc) is 2.09. The van der Waals surface area contributed by atoms with Gasteiger partial charge in [-0.05, 0) is 6.07 Å². The third-order valence-corrected chi connectivity index (χ3v) is 1.67. The molecule has 0 aliphatic rings. The maximum atomic E-state index is 13.2. The Balaban J connectivity index is 3.22. The summed E-state index contributed by atoms with van der Waals surface area (Å²) in [7, 11) is 0. The second kappa shape index (κ2) is 4.39. The second-order valence-electron chi connectivity index (χ2n) is 2.45. The molecule has 7 heteroatoms. The fraction of sp³-hybridized carbons (Fsp3) is 0.125. The number of carboxylic acid groups (broad SMARTS) is 1. The summed E-state index contributed by atoms with van der Waals surface area (Å²) in [6.45, 7) is -3.25. The van der Waals surface area contributed by atoms with Gasteiger partial charge in [0.2, 0.25) is 0 Å². The van der Waals surface area contributed by atoms with Gasteiger partial charge in [-0.15, -0.1) is 0 Å². The number of hydrogen-bond acceptors (Lipinski definition) is 2. The molecule has 0 bridgehead atoms. The SMILES string of the molecule is O=C(O)c1cc(Cl)cc(OC(F)F)c1F. The minimum Gasteiger partial charge on any atom is -0.478 e. The van der Waals surface area contributed by atoms with Gasteiger partial charge in [-0.25, -0.2) is 9.18 Å². The first-order chi connectivity index (χ1) is 6.91. The van der Waals surface area contributed by atoms with E-state index in [1.54, 1.807) is 0 Å². The molecule has 82 valence electrons. The molecule has 0 amide bonds. The summed E-state index contributed by atoms with van der Waals surface area (Å²) in [6.07, 6.45) is 0. The van der Waals surface area contributed by atoms with E-state index in [0.717, 1.165) is 12.1 Å². The van der Waals surface area contributed by atoms with Crippen LogP contribution in [0.4, 0.5) is 13.2 Å². The molecular formula is C8H4ClF3O3. The molecule has 0 radical (unpaired) electrons. The molecule has 0 saturated carbocycles. The Hall–Kier alpha value is -1.43. The second-order valence-corrected chi connectivity index (χ2v) is 2.89. The molecule has 0 atom stereocenters. The number of carbonyl (C=O) groups is 1. The molecule has 0 saturated heterocycles. The van der Waals surface area contributed by atoms with Gasteiger partial charge in [0.15, 0.2) is 11.6 Å². The molecule has 0 unspecified atom stereocenters. The Morgan fingerprint density at radius 1 is 1.47 bits per heavy atom. The van der Waals surface area contributed by atoms with Crippen LogP contribution in [0.1, 0.15) is 10.4 Å².